The lowest BCUT2D eigenvalue weighted by Gasteiger charge is -2.19. The quantitative estimate of drug-likeness (QED) is 0.773. The molecule has 0 bridgehead atoms. The molecule has 0 aromatic heterocycles. The molecule has 2 N–H and O–H groups in total. The highest BCUT2D eigenvalue weighted by molar-refractivity contribution is 5.46. The van der Waals surface area contributed by atoms with E-state index in [1.165, 1.54) is 0 Å². The summed E-state index contributed by atoms with van der Waals surface area (Å²) in [4.78, 5) is 0. The van der Waals surface area contributed by atoms with Crippen LogP contribution in [0.15, 0.2) is 18.2 Å². The maximum atomic E-state index is 9.63. The van der Waals surface area contributed by atoms with Crippen molar-refractivity contribution in [2.24, 2.45) is 0 Å². The summed E-state index contributed by atoms with van der Waals surface area (Å²) >= 11 is 0. The van der Waals surface area contributed by atoms with Crippen molar-refractivity contribution in [2.75, 3.05) is 6.61 Å². The van der Waals surface area contributed by atoms with E-state index in [0.29, 0.717) is 5.56 Å². The number of ether oxygens (including phenoxy) is 1. The molecule has 15 heavy (non-hydrogen) atoms. The Balaban J connectivity index is 2.41. The van der Waals surface area contributed by atoms with Crippen LogP contribution >= 0.6 is 0 Å². The Morgan fingerprint density at radius 3 is 2.87 bits per heavy atom. The van der Waals surface area contributed by atoms with E-state index in [4.69, 9.17) is 9.84 Å². The zero-order chi connectivity index (χ0) is 11.1. The number of aliphatic hydroxyl groups excluding tert-OH is 2. The first-order valence-electron chi connectivity index (χ1n) is 5.13. The lowest BCUT2D eigenvalue weighted by molar-refractivity contribution is 0.0862. The Hall–Kier alpha value is -1.06. The van der Waals surface area contributed by atoms with Gasteiger partial charge in [0.05, 0.1) is 6.61 Å². The van der Waals surface area contributed by atoms with Crippen LogP contribution in [-0.2, 0) is 6.42 Å². The maximum Gasteiger partial charge on any atom is 0.129 e. The van der Waals surface area contributed by atoms with Gasteiger partial charge < -0.3 is 14.9 Å². The third kappa shape index (κ3) is 1.85. The number of hydrogen-bond donors (Lipinski definition) is 2. The zero-order valence-electron chi connectivity index (χ0n) is 9.03. The summed E-state index contributed by atoms with van der Waals surface area (Å²) in [5.41, 5.74) is 1.57. The van der Waals surface area contributed by atoms with Gasteiger partial charge in [0.2, 0.25) is 0 Å². The second-order valence-corrected chi connectivity index (χ2v) is 4.57. The fourth-order valence-electron chi connectivity index (χ4n) is 2.00. The minimum absolute atomic E-state index is 0.215. The number of fused-ring (bicyclic) bond motifs is 1. The normalized spacial score (nSPS) is 19.5. The standard InChI is InChI=1S/C12H16O3/c1-12(2)6-8-4-3-5-9(10(14)7-13)11(8)15-12/h3-5,10,13-14H,6-7H2,1-2H3. The van der Waals surface area contributed by atoms with E-state index in [9.17, 15) is 5.11 Å². The summed E-state index contributed by atoms with van der Waals surface area (Å²) in [6.07, 6.45) is -0.0113. The predicted molar refractivity (Wildman–Crippen MR) is 56.9 cm³/mol. The number of aliphatic hydroxyl groups is 2. The lowest BCUT2D eigenvalue weighted by atomic mass is 9.99. The fraction of sp³-hybridized carbons (Fsp3) is 0.500. The second-order valence-electron chi connectivity index (χ2n) is 4.57. The molecule has 1 aromatic carbocycles. The predicted octanol–water partition coefficient (Wildman–Crippen LogP) is 1.43. The van der Waals surface area contributed by atoms with Gasteiger partial charge >= 0.3 is 0 Å². The molecule has 3 heteroatoms. The van der Waals surface area contributed by atoms with Gasteiger partial charge in [-0.2, -0.15) is 0 Å². The molecule has 0 fully saturated rings. The van der Waals surface area contributed by atoms with Crippen LogP contribution in [0.3, 0.4) is 0 Å². The van der Waals surface area contributed by atoms with E-state index < -0.39 is 6.10 Å². The number of hydrogen-bond acceptors (Lipinski definition) is 3. The molecule has 2 rings (SSSR count). The van der Waals surface area contributed by atoms with Crippen LogP contribution in [0.5, 0.6) is 5.75 Å². The first-order valence-corrected chi connectivity index (χ1v) is 5.13. The molecule has 1 heterocycles. The molecule has 0 spiro atoms. The highest BCUT2D eigenvalue weighted by atomic mass is 16.5. The van der Waals surface area contributed by atoms with Crippen molar-refractivity contribution in [3.05, 3.63) is 29.3 Å². The average Bonchev–Trinajstić information content (AvgIpc) is 2.49. The van der Waals surface area contributed by atoms with Gasteiger partial charge in [-0.25, -0.2) is 0 Å². The van der Waals surface area contributed by atoms with Crippen LogP contribution in [0.1, 0.15) is 31.1 Å². The molecule has 0 amide bonds. The Morgan fingerprint density at radius 2 is 2.20 bits per heavy atom. The van der Waals surface area contributed by atoms with Crippen LogP contribution in [0.25, 0.3) is 0 Å². The summed E-state index contributed by atoms with van der Waals surface area (Å²) in [5, 5.41) is 18.6. The maximum absolute atomic E-state index is 9.63. The molecular weight excluding hydrogens is 192 g/mol. The lowest BCUT2D eigenvalue weighted by Crippen LogP contribution is -2.25. The molecule has 0 radical (unpaired) electrons. The third-order valence-electron chi connectivity index (χ3n) is 2.65. The summed E-state index contributed by atoms with van der Waals surface area (Å²) in [6, 6.07) is 5.68. The fourth-order valence-corrected chi connectivity index (χ4v) is 2.00. The van der Waals surface area contributed by atoms with E-state index in [2.05, 4.69) is 0 Å². The minimum Gasteiger partial charge on any atom is -0.487 e. The van der Waals surface area contributed by atoms with E-state index in [1.807, 2.05) is 26.0 Å². The van der Waals surface area contributed by atoms with Gasteiger partial charge in [0.1, 0.15) is 17.5 Å². The van der Waals surface area contributed by atoms with Gasteiger partial charge in [-0.3, -0.25) is 0 Å². The van der Waals surface area contributed by atoms with Gasteiger partial charge in [-0.1, -0.05) is 18.2 Å². The molecule has 1 aromatic rings. The third-order valence-corrected chi connectivity index (χ3v) is 2.65. The smallest absolute Gasteiger partial charge is 0.129 e. The Bertz CT molecular complexity index is 371. The van der Waals surface area contributed by atoms with Crippen LogP contribution in [0, 0.1) is 0 Å². The Kier molecular flexibility index (Phi) is 2.44. The van der Waals surface area contributed by atoms with Crippen molar-refractivity contribution in [3.63, 3.8) is 0 Å². The monoisotopic (exact) mass is 208 g/mol. The van der Waals surface area contributed by atoms with Gasteiger partial charge in [0.25, 0.3) is 0 Å². The van der Waals surface area contributed by atoms with Gasteiger partial charge in [0.15, 0.2) is 0 Å². The summed E-state index contributed by atoms with van der Waals surface area (Å²) in [5.74, 6) is 0.740. The van der Waals surface area contributed by atoms with E-state index in [0.717, 1.165) is 17.7 Å². The molecule has 1 unspecified atom stereocenters. The highest BCUT2D eigenvalue weighted by Gasteiger charge is 2.32. The molecule has 1 aliphatic heterocycles. The first kappa shape index (κ1) is 10.5. The average molecular weight is 208 g/mol. The van der Waals surface area contributed by atoms with Crippen molar-refractivity contribution < 1.29 is 14.9 Å². The minimum atomic E-state index is -0.853. The van der Waals surface area contributed by atoms with Crippen molar-refractivity contribution in [1.29, 1.82) is 0 Å². The van der Waals surface area contributed by atoms with Crippen molar-refractivity contribution in [3.8, 4) is 5.75 Å². The number of para-hydroxylation sites is 1. The number of rotatable bonds is 2. The van der Waals surface area contributed by atoms with Crippen LogP contribution in [0.2, 0.25) is 0 Å². The molecule has 3 nitrogen and oxygen atoms in total. The summed E-state index contributed by atoms with van der Waals surface area (Å²) in [6.45, 7) is 3.75. The topological polar surface area (TPSA) is 49.7 Å². The van der Waals surface area contributed by atoms with Gasteiger partial charge in [0, 0.05) is 12.0 Å². The Morgan fingerprint density at radius 1 is 1.47 bits per heavy atom. The second kappa shape index (κ2) is 3.51. The molecule has 0 aliphatic carbocycles. The van der Waals surface area contributed by atoms with E-state index >= 15 is 0 Å². The molecule has 82 valence electrons. The molecular formula is C12H16O3. The van der Waals surface area contributed by atoms with E-state index in [-0.39, 0.29) is 12.2 Å². The Labute approximate surface area is 89.3 Å². The first-order chi connectivity index (χ1) is 7.03. The van der Waals surface area contributed by atoms with Crippen molar-refractivity contribution >= 4 is 0 Å². The molecule has 1 aliphatic rings. The van der Waals surface area contributed by atoms with Gasteiger partial charge in [-0.15, -0.1) is 0 Å². The number of benzene rings is 1. The molecule has 0 saturated heterocycles. The largest absolute Gasteiger partial charge is 0.487 e. The molecule has 1 atom stereocenters. The zero-order valence-corrected chi connectivity index (χ0v) is 9.03. The summed E-state index contributed by atoms with van der Waals surface area (Å²) < 4.78 is 5.78. The highest BCUT2D eigenvalue weighted by Crippen LogP contribution is 2.39. The van der Waals surface area contributed by atoms with Crippen LogP contribution in [0.4, 0.5) is 0 Å². The SMILES string of the molecule is CC1(C)Cc2cccc(C(O)CO)c2O1. The summed E-state index contributed by atoms with van der Waals surface area (Å²) in [7, 11) is 0. The molecule has 0 saturated carbocycles. The van der Waals surface area contributed by atoms with Crippen molar-refractivity contribution in [1.82, 2.24) is 0 Å². The van der Waals surface area contributed by atoms with E-state index in [1.54, 1.807) is 6.07 Å². The van der Waals surface area contributed by atoms with Crippen molar-refractivity contribution in [2.45, 2.75) is 32.0 Å². The van der Waals surface area contributed by atoms with Crippen LogP contribution in [-0.4, -0.2) is 22.4 Å². The van der Waals surface area contributed by atoms with Gasteiger partial charge in [-0.05, 0) is 19.4 Å². The van der Waals surface area contributed by atoms with Crippen LogP contribution < -0.4 is 4.74 Å².